The van der Waals surface area contributed by atoms with Gasteiger partial charge in [-0.15, -0.1) is 0 Å². The molecule has 13 nitrogen and oxygen atoms in total. The van der Waals surface area contributed by atoms with Crippen molar-refractivity contribution in [2.45, 2.75) is 48.8 Å². The monoisotopic (exact) mass is 519 g/mol. The quantitative estimate of drug-likeness (QED) is 0.309. The highest BCUT2D eigenvalue weighted by Gasteiger charge is 2.29. The van der Waals surface area contributed by atoms with Gasteiger partial charge in [0.25, 0.3) is 0 Å². The molecular weight excluding hydrogens is 482 g/mol. The van der Waals surface area contributed by atoms with E-state index >= 15 is 0 Å². The summed E-state index contributed by atoms with van der Waals surface area (Å²) in [4.78, 5) is 18.1. The fraction of sp³-hybridized carbons (Fsp3) is 0.591. The molecular formula is C22H37N11O2S. The fourth-order valence-electron chi connectivity index (χ4n) is 4.60. The molecule has 0 bridgehead atoms. The van der Waals surface area contributed by atoms with Crippen molar-refractivity contribution in [3.63, 3.8) is 0 Å². The van der Waals surface area contributed by atoms with Crippen LogP contribution in [0.15, 0.2) is 23.1 Å². The van der Waals surface area contributed by atoms with Gasteiger partial charge < -0.3 is 38.1 Å². The van der Waals surface area contributed by atoms with Crippen molar-refractivity contribution in [3.8, 4) is 0 Å². The third-order valence-electron chi connectivity index (χ3n) is 6.44. The molecule has 2 aromatic rings. The summed E-state index contributed by atoms with van der Waals surface area (Å²) in [6, 6.07) is 4.50. The zero-order valence-electron chi connectivity index (χ0n) is 21.0. The van der Waals surface area contributed by atoms with Crippen LogP contribution in [0.25, 0.3) is 0 Å². The minimum Gasteiger partial charge on any atom is -0.338 e. The zero-order valence-corrected chi connectivity index (χ0v) is 21.8. The lowest BCUT2D eigenvalue weighted by Crippen LogP contribution is -2.54. The third kappa shape index (κ3) is 5.85. The summed E-state index contributed by atoms with van der Waals surface area (Å²) in [6.07, 6.45) is 1.45. The highest BCUT2D eigenvalue weighted by molar-refractivity contribution is 7.89. The van der Waals surface area contributed by atoms with Gasteiger partial charge in [0, 0.05) is 70.1 Å². The van der Waals surface area contributed by atoms with Crippen LogP contribution in [0.2, 0.25) is 0 Å². The van der Waals surface area contributed by atoms with Crippen LogP contribution in [0.3, 0.4) is 0 Å². The topological polar surface area (TPSA) is 199 Å². The first-order chi connectivity index (χ1) is 16.9. The van der Waals surface area contributed by atoms with Gasteiger partial charge in [-0.05, 0) is 37.5 Å². The number of sulfonamides is 1. The van der Waals surface area contributed by atoms with Crippen molar-refractivity contribution in [3.05, 3.63) is 23.8 Å². The highest BCUT2D eigenvalue weighted by Crippen LogP contribution is 2.27. The minimum absolute atomic E-state index is 0.0997. The number of nitrogens with one attached hydrogen (secondary N) is 1. The molecule has 0 amide bonds. The number of rotatable bonds is 6. The van der Waals surface area contributed by atoms with Gasteiger partial charge in [-0.1, -0.05) is 6.07 Å². The van der Waals surface area contributed by atoms with Gasteiger partial charge in [-0.2, -0.15) is 15.0 Å². The van der Waals surface area contributed by atoms with E-state index in [-0.39, 0.29) is 35.0 Å². The van der Waals surface area contributed by atoms with Gasteiger partial charge >= 0.3 is 0 Å². The van der Waals surface area contributed by atoms with Crippen LogP contribution in [0.5, 0.6) is 0 Å². The predicted molar refractivity (Wildman–Crippen MR) is 141 cm³/mol. The Morgan fingerprint density at radius 3 is 1.78 bits per heavy atom. The summed E-state index contributed by atoms with van der Waals surface area (Å²) in [5.74, 6) is 1.16. The minimum atomic E-state index is -3.62. The first-order valence-corrected chi connectivity index (χ1v) is 13.4. The maximum absolute atomic E-state index is 12.7. The summed E-state index contributed by atoms with van der Waals surface area (Å²) < 4.78 is 26.5. The second-order valence-corrected chi connectivity index (χ2v) is 12.1. The van der Waals surface area contributed by atoms with E-state index in [2.05, 4.69) is 15.3 Å². The fourth-order valence-corrected chi connectivity index (χ4v) is 5.53. The number of hydrogen-bond donors (Lipinski definition) is 5. The lowest BCUT2D eigenvalue weighted by Gasteiger charge is -2.37. The summed E-state index contributed by atoms with van der Waals surface area (Å²) in [5.41, 5.74) is 26.3. The molecule has 2 aliphatic rings. The molecule has 1 aromatic carbocycles. The Morgan fingerprint density at radius 1 is 0.861 bits per heavy atom. The van der Waals surface area contributed by atoms with Crippen LogP contribution in [0.1, 0.15) is 18.4 Å². The molecule has 0 radical (unpaired) electrons. The van der Waals surface area contributed by atoms with Crippen molar-refractivity contribution in [1.29, 1.82) is 0 Å². The first kappa shape index (κ1) is 26.4. The van der Waals surface area contributed by atoms with Gasteiger partial charge in [0.05, 0.1) is 4.90 Å². The van der Waals surface area contributed by atoms with Gasteiger partial charge in [0.1, 0.15) is 0 Å². The van der Waals surface area contributed by atoms with Crippen molar-refractivity contribution in [1.82, 2.24) is 19.3 Å². The number of nitrogens with zero attached hydrogens (tertiary/aromatic N) is 6. The molecule has 3 heterocycles. The smallest absolute Gasteiger partial charge is 0.242 e. The Hall–Kier alpha value is -2.62. The van der Waals surface area contributed by atoms with Crippen molar-refractivity contribution < 1.29 is 8.42 Å². The van der Waals surface area contributed by atoms with Crippen LogP contribution in [0.4, 0.5) is 23.5 Å². The molecule has 36 heavy (non-hydrogen) atoms. The van der Waals surface area contributed by atoms with Crippen LogP contribution >= 0.6 is 0 Å². The Morgan fingerprint density at radius 2 is 1.33 bits per heavy atom. The SMILES string of the molecule is Cc1ccc(S(=O)(=O)N(C)C)cc1Nc1nc(N2CC(N)CC(N)C2)nc(N2CC(N)CC(N)C2)n1. The Balaban J connectivity index is 1.73. The van der Waals surface area contributed by atoms with Crippen LogP contribution in [-0.2, 0) is 10.0 Å². The number of anilines is 4. The summed E-state index contributed by atoms with van der Waals surface area (Å²) in [7, 11) is -0.626. The van der Waals surface area contributed by atoms with E-state index < -0.39 is 10.0 Å². The van der Waals surface area contributed by atoms with E-state index in [0.29, 0.717) is 43.8 Å². The van der Waals surface area contributed by atoms with Crippen LogP contribution < -0.4 is 38.1 Å². The van der Waals surface area contributed by atoms with E-state index in [9.17, 15) is 8.42 Å². The van der Waals surface area contributed by atoms with Crippen molar-refractivity contribution in [2.24, 2.45) is 22.9 Å². The largest absolute Gasteiger partial charge is 0.338 e. The second kappa shape index (κ2) is 10.4. The Bertz CT molecular complexity index is 1130. The molecule has 0 aliphatic carbocycles. The Kier molecular flexibility index (Phi) is 7.64. The molecule has 1 aromatic heterocycles. The second-order valence-electron chi connectivity index (χ2n) is 9.97. The number of aromatic nitrogens is 3. The maximum Gasteiger partial charge on any atom is 0.242 e. The summed E-state index contributed by atoms with van der Waals surface area (Å²) in [6.45, 7) is 4.12. The molecule has 198 valence electrons. The molecule has 14 heteroatoms. The average molecular weight is 520 g/mol. The molecule has 2 saturated heterocycles. The number of aryl methyl sites for hydroxylation is 1. The molecule has 0 saturated carbocycles. The number of hydrogen-bond acceptors (Lipinski definition) is 12. The van der Waals surface area contributed by atoms with E-state index in [1.165, 1.54) is 18.4 Å². The summed E-state index contributed by atoms with van der Waals surface area (Å²) in [5, 5.41) is 3.20. The molecule has 4 rings (SSSR count). The van der Waals surface area contributed by atoms with Crippen molar-refractivity contribution >= 4 is 33.6 Å². The van der Waals surface area contributed by atoms with Gasteiger partial charge in [-0.3, -0.25) is 0 Å². The van der Waals surface area contributed by atoms with E-state index in [1.54, 1.807) is 18.2 Å². The lowest BCUT2D eigenvalue weighted by molar-refractivity contribution is 0.441. The van der Waals surface area contributed by atoms with Crippen LogP contribution in [0, 0.1) is 6.92 Å². The molecule has 0 spiro atoms. The number of benzene rings is 1. The average Bonchev–Trinajstić information content (AvgIpc) is 2.79. The molecule has 4 unspecified atom stereocenters. The zero-order chi connectivity index (χ0) is 26.2. The van der Waals surface area contributed by atoms with E-state index in [4.69, 9.17) is 27.9 Å². The third-order valence-corrected chi connectivity index (χ3v) is 8.25. The first-order valence-electron chi connectivity index (χ1n) is 12.0. The lowest BCUT2D eigenvalue weighted by atomic mass is 10.0. The molecule has 4 atom stereocenters. The number of piperidine rings is 2. The maximum atomic E-state index is 12.7. The van der Waals surface area contributed by atoms with Gasteiger partial charge in [-0.25, -0.2) is 12.7 Å². The Labute approximate surface area is 212 Å². The molecule has 9 N–H and O–H groups in total. The normalized spacial score (nSPS) is 25.3. The standard InChI is InChI=1S/C22H37N11O2S/c1-13-4-5-18(36(34,35)31(2)3)8-19(13)27-20-28-21(32-9-14(23)6-15(24)10-32)30-22(29-20)33-11-16(25)7-17(26)12-33/h4-5,8,14-17H,6-7,9-12,23-26H2,1-3H3,(H,27,28,29,30). The van der Waals surface area contributed by atoms with E-state index in [1.807, 2.05) is 16.7 Å². The van der Waals surface area contributed by atoms with Crippen molar-refractivity contribution in [2.75, 3.05) is 55.4 Å². The van der Waals surface area contributed by atoms with Gasteiger partial charge in [0.15, 0.2) is 0 Å². The van der Waals surface area contributed by atoms with Gasteiger partial charge in [0.2, 0.25) is 27.9 Å². The molecule has 2 fully saturated rings. The predicted octanol–water partition coefficient (Wildman–Crippen LogP) is -1.10. The molecule has 2 aliphatic heterocycles. The van der Waals surface area contributed by atoms with E-state index in [0.717, 1.165) is 18.4 Å². The summed E-state index contributed by atoms with van der Waals surface area (Å²) >= 11 is 0. The highest BCUT2D eigenvalue weighted by atomic mass is 32.2. The van der Waals surface area contributed by atoms with Crippen LogP contribution in [-0.4, -0.2) is 92.1 Å². The number of nitrogens with two attached hydrogens (primary N) is 4.